The number of halogens is 4. The molecule has 0 spiro atoms. The zero-order chi connectivity index (χ0) is 12.3. The van der Waals surface area contributed by atoms with Crippen molar-refractivity contribution in [1.82, 2.24) is 4.98 Å². The lowest BCUT2D eigenvalue weighted by atomic mass is 10.1. The van der Waals surface area contributed by atoms with E-state index in [9.17, 15) is 13.6 Å². The summed E-state index contributed by atoms with van der Waals surface area (Å²) in [5.41, 5.74) is 0.249. The Morgan fingerprint density at radius 1 is 1.56 bits per heavy atom. The predicted octanol–water partition coefficient (Wildman–Crippen LogP) is 3.30. The van der Waals surface area contributed by atoms with E-state index in [1.54, 1.807) is 0 Å². The molecule has 0 aromatic carbocycles. The van der Waals surface area contributed by atoms with Gasteiger partial charge in [0.1, 0.15) is 4.60 Å². The van der Waals surface area contributed by atoms with Crippen LogP contribution in [-0.2, 0) is 16.5 Å². The van der Waals surface area contributed by atoms with Crippen molar-refractivity contribution in [3.8, 4) is 0 Å². The van der Waals surface area contributed by atoms with Crippen LogP contribution in [0.25, 0.3) is 0 Å². The molecule has 0 aliphatic heterocycles. The van der Waals surface area contributed by atoms with Crippen molar-refractivity contribution in [1.29, 1.82) is 0 Å². The van der Waals surface area contributed by atoms with Gasteiger partial charge in [-0.05, 0) is 22.0 Å². The van der Waals surface area contributed by atoms with E-state index >= 15 is 0 Å². The fraction of sp³-hybridized carbons (Fsp3) is 0.333. The number of alkyl halides is 3. The highest BCUT2D eigenvalue weighted by Crippen LogP contribution is 2.30. The Bertz CT molecular complexity index is 413. The van der Waals surface area contributed by atoms with Crippen molar-refractivity contribution in [3.63, 3.8) is 0 Å². The van der Waals surface area contributed by atoms with Crippen molar-refractivity contribution >= 4 is 37.8 Å². The lowest BCUT2D eigenvalue weighted by molar-refractivity contribution is -0.136. The first-order valence-electron chi connectivity index (χ1n) is 4.19. The van der Waals surface area contributed by atoms with Crippen molar-refractivity contribution in [2.24, 2.45) is 0 Å². The van der Waals surface area contributed by atoms with Gasteiger partial charge in [0, 0.05) is 16.5 Å². The molecule has 0 amide bonds. The Labute approximate surface area is 107 Å². The van der Waals surface area contributed by atoms with Gasteiger partial charge >= 0.3 is 5.97 Å². The van der Waals surface area contributed by atoms with Crippen LogP contribution < -0.4 is 0 Å². The van der Waals surface area contributed by atoms with Gasteiger partial charge in [-0.25, -0.2) is 13.8 Å². The first-order chi connectivity index (χ1) is 7.45. The van der Waals surface area contributed by atoms with Crippen LogP contribution in [0.4, 0.5) is 8.78 Å². The summed E-state index contributed by atoms with van der Waals surface area (Å²) in [4.78, 5) is 14.4. The molecule has 0 bridgehead atoms. The molecular weight excluding hydrogens is 352 g/mol. The van der Waals surface area contributed by atoms with Crippen molar-refractivity contribution in [2.75, 3.05) is 0 Å². The van der Waals surface area contributed by atoms with E-state index in [-0.39, 0.29) is 27.6 Å². The van der Waals surface area contributed by atoms with Crippen LogP contribution in [-0.4, -0.2) is 16.1 Å². The Morgan fingerprint density at radius 3 is 2.62 bits per heavy atom. The summed E-state index contributed by atoms with van der Waals surface area (Å²) >= 11 is 6.13. The van der Waals surface area contributed by atoms with Gasteiger partial charge in [0.2, 0.25) is 0 Å². The molecule has 1 heterocycles. The molecule has 1 N–H and O–H groups in total. The van der Waals surface area contributed by atoms with Gasteiger partial charge in [-0.3, -0.25) is 4.79 Å². The van der Waals surface area contributed by atoms with Gasteiger partial charge in [0.25, 0.3) is 6.43 Å². The molecule has 0 unspecified atom stereocenters. The molecule has 1 aromatic heterocycles. The Morgan fingerprint density at radius 2 is 2.19 bits per heavy atom. The number of carbonyl (C=O) groups is 1. The highest BCUT2D eigenvalue weighted by atomic mass is 79.9. The predicted molar refractivity (Wildman–Crippen MR) is 60.9 cm³/mol. The molecule has 88 valence electrons. The van der Waals surface area contributed by atoms with Crippen LogP contribution in [0.3, 0.4) is 0 Å². The van der Waals surface area contributed by atoms with Crippen LogP contribution in [0.1, 0.15) is 23.2 Å². The second-order valence-corrected chi connectivity index (χ2v) is 4.29. The Hall–Kier alpha value is -0.560. The third kappa shape index (κ3) is 3.21. The second-order valence-electron chi connectivity index (χ2n) is 2.98. The molecule has 0 fully saturated rings. The summed E-state index contributed by atoms with van der Waals surface area (Å²) < 4.78 is 25.6. The van der Waals surface area contributed by atoms with Crippen LogP contribution in [0.2, 0.25) is 0 Å². The van der Waals surface area contributed by atoms with E-state index in [0.29, 0.717) is 5.56 Å². The number of pyridine rings is 1. The number of rotatable bonds is 4. The third-order valence-corrected chi connectivity index (χ3v) is 3.08. The quantitative estimate of drug-likeness (QED) is 0.663. The lowest BCUT2D eigenvalue weighted by Crippen LogP contribution is -2.06. The molecule has 0 atom stereocenters. The second kappa shape index (κ2) is 5.67. The first kappa shape index (κ1) is 13.5. The molecular formula is C9H7Br2F2NO2. The minimum atomic E-state index is -2.65. The number of carboxylic acid groups (broad SMARTS) is 1. The molecule has 0 aliphatic rings. The molecule has 0 radical (unpaired) electrons. The van der Waals surface area contributed by atoms with Gasteiger partial charge in [0.15, 0.2) is 0 Å². The maximum Gasteiger partial charge on any atom is 0.309 e. The smallest absolute Gasteiger partial charge is 0.309 e. The number of aromatic nitrogens is 1. The monoisotopic (exact) mass is 357 g/mol. The van der Waals surface area contributed by atoms with Gasteiger partial charge in [-0.15, -0.1) is 0 Å². The molecule has 0 saturated heterocycles. The normalized spacial score (nSPS) is 10.8. The van der Waals surface area contributed by atoms with Crippen molar-refractivity contribution in [3.05, 3.63) is 27.5 Å². The highest BCUT2D eigenvalue weighted by molar-refractivity contribution is 9.10. The molecule has 1 rings (SSSR count). The van der Waals surface area contributed by atoms with E-state index in [4.69, 9.17) is 5.11 Å². The third-order valence-electron chi connectivity index (χ3n) is 1.86. The summed E-state index contributed by atoms with van der Waals surface area (Å²) in [6.07, 6.45) is -3.03. The molecule has 1 aromatic rings. The lowest BCUT2D eigenvalue weighted by Gasteiger charge is -2.10. The van der Waals surface area contributed by atoms with Crippen LogP contribution in [0.15, 0.2) is 10.7 Å². The molecule has 7 heteroatoms. The number of hydrogen-bond donors (Lipinski definition) is 1. The summed E-state index contributed by atoms with van der Waals surface area (Å²) in [6, 6.07) is 1.13. The van der Waals surface area contributed by atoms with Gasteiger partial charge in [-0.2, -0.15) is 0 Å². The Balaban J connectivity index is 3.22. The van der Waals surface area contributed by atoms with Crippen molar-refractivity contribution in [2.45, 2.75) is 18.2 Å². The van der Waals surface area contributed by atoms with Gasteiger partial charge < -0.3 is 5.11 Å². The largest absolute Gasteiger partial charge is 0.481 e. The minimum absolute atomic E-state index is 0.111. The Kier molecular flexibility index (Phi) is 4.79. The summed E-state index contributed by atoms with van der Waals surface area (Å²) in [5, 5.41) is 8.79. The van der Waals surface area contributed by atoms with Gasteiger partial charge in [0.05, 0.1) is 12.1 Å². The topological polar surface area (TPSA) is 50.2 Å². The SMILES string of the molecule is O=C(O)Cc1cc(C(F)F)c(CBr)c(Br)n1. The summed E-state index contributed by atoms with van der Waals surface area (Å²) in [6.45, 7) is 0. The van der Waals surface area contributed by atoms with E-state index in [2.05, 4.69) is 36.8 Å². The highest BCUT2D eigenvalue weighted by Gasteiger charge is 2.18. The maximum absolute atomic E-state index is 12.7. The molecule has 0 saturated carbocycles. The minimum Gasteiger partial charge on any atom is -0.481 e. The fourth-order valence-corrected chi connectivity index (χ4v) is 2.75. The van der Waals surface area contributed by atoms with E-state index in [1.165, 1.54) is 0 Å². The number of carboxylic acids is 1. The van der Waals surface area contributed by atoms with E-state index in [0.717, 1.165) is 6.07 Å². The van der Waals surface area contributed by atoms with Crippen molar-refractivity contribution < 1.29 is 18.7 Å². The fourth-order valence-electron chi connectivity index (χ4n) is 1.18. The average molecular weight is 359 g/mol. The molecule has 3 nitrogen and oxygen atoms in total. The van der Waals surface area contributed by atoms with E-state index < -0.39 is 12.4 Å². The van der Waals surface area contributed by atoms with Crippen LogP contribution >= 0.6 is 31.9 Å². The average Bonchev–Trinajstić information content (AvgIpc) is 2.15. The summed E-state index contributed by atoms with van der Waals surface area (Å²) in [5.74, 6) is -1.11. The molecule has 0 aliphatic carbocycles. The molecule has 16 heavy (non-hydrogen) atoms. The van der Waals surface area contributed by atoms with Crippen LogP contribution in [0.5, 0.6) is 0 Å². The van der Waals surface area contributed by atoms with Crippen LogP contribution in [0, 0.1) is 0 Å². The maximum atomic E-state index is 12.7. The first-order valence-corrected chi connectivity index (χ1v) is 6.11. The van der Waals surface area contributed by atoms with E-state index in [1.807, 2.05) is 0 Å². The number of aliphatic carboxylic acids is 1. The zero-order valence-electron chi connectivity index (χ0n) is 7.88. The number of hydrogen-bond acceptors (Lipinski definition) is 2. The summed E-state index contributed by atoms with van der Waals surface area (Å²) in [7, 11) is 0. The zero-order valence-corrected chi connectivity index (χ0v) is 11.1. The number of nitrogens with zero attached hydrogens (tertiary/aromatic N) is 1. The standard InChI is InChI=1S/C9H7Br2F2NO2/c10-3-6-5(9(12)13)1-4(2-7(15)16)14-8(6)11/h1,9H,2-3H2,(H,15,16). The van der Waals surface area contributed by atoms with Gasteiger partial charge in [-0.1, -0.05) is 15.9 Å².